The van der Waals surface area contributed by atoms with Crippen molar-refractivity contribution in [1.29, 1.82) is 0 Å². The van der Waals surface area contributed by atoms with Crippen molar-refractivity contribution in [2.75, 3.05) is 5.32 Å². The smallest absolute Gasteiger partial charge is 0.115 e. The third-order valence-electron chi connectivity index (χ3n) is 3.12. The van der Waals surface area contributed by atoms with Crippen LogP contribution in [0, 0.1) is 6.92 Å². The molecule has 20 heavy (non-hydrogen) atoms. The van der Waals surface area contributed by atoms with Crippen molar-refractivity contribution in [1.82, 2.24) is 4.98 Å². The summed E-state index contributed by atoms with van der Waals surface area (Å²) < 4.78 is 0. The fourth-order valence-corrected chi connectivity index (χ4v) is 3.13. The molecule has 0 amide bonds. The second-order valence-electron chi connectivity index (χ2n) is 6.13. The molecule has 1 heterocycles. The molecule has 0 saturated heterocycles. The Morgan fingerprint density at radius 1 is 1.20 bits per heavy atom. The van der Waals surface area contributed by atoms with Crippen LogP contribution in [0.4, 0.5) is 5.69 Å². The number of aromatic hydroxyl groups is 1. The lowest BCUT2D eigenvalue weighted by Crippen LogP contribution is -2.10. The zero-order valence-electron chi connectivity index (χ0n) is 12.7. The van der Waals surface area contributed by atoms with Gasteiger partial charge in [-0.15, -0.1) is 11.3 Å². The van der Waals surface area contributed by atoms with Crippen LogP contribution in [0.3, 0.4) is 0 Å². The van der Waals surface area contributed by atoms with Crippen LogP contribution in [-0.2, 0) is 5.41 Å². The molecule has 0 radical (unpaired) electrons. The van der Waals surface area contributed by atoms with E-state index in [9.17, 15) is 5.11 Å². The first-order chi connectivity index (χ1) is 9.27. The quantitative estimate of drug-likeness (QED) is 0.810. The van der Waals surface area contributed by atoms with Crippen molar-refractivity contribution < 1.29 is 5.11 Å². The average Bonchev–Trinajstić information content (AvgIpc) is 2.74. The van der Waals surface area contributed by atoms with Gasteiger partial charge in [-0.25, -0.2) is 4.98 Å². The maximum absolute atomic E-state index is 9.31. The molecule has 2 rings (SSSR count). The van der Waals surface area contributed by atoms with Crippen molar-refractivity contribution >= 4 is 17.0 Å². The summed E-state index contributed by atoms with van der Waals surface area (Å²) in [5.74, 6) is 0.284. The summed E-state index contributed by atoms with van der Waals surface area (Å²) >= 11 is 1.77. The minimum Gasteiger partial charge on any atom is -0.508 e. The van der Waals surface area contributed by atoms with Gasteiger partial charge in [0.05, 0.1) is 16.7 Å². The molecule has 2 aromatic rings. The van der Waals surface area contributed by atoms with Crippen molar-refractivity contribution in [3.05, 3.63) is 39.8 Å². The van der Waals surface area contributed by atoms with Crippen molar-refractivity contribution in [3.8, 4) is 5.75 Å². The van der Waals surface area contributed by atoms with Crippen LogP contribution in [0.5, 0.6) is 5.75 Å². The van der Waals surface area contributed by atoms with Gasteiger partial charge >= 0.3 is 0 Å². The van der Waals surface area contributed by atoms with Crippen LogP contribution in [0.1, 0.15) is 49.3 Å². The van der Waals surface area contributed by atoms with Crippen LogP contribution in [0.25, 0.3) is 0 Å². The Balaban J connectivity index is 2.19. The van der Waals surface area contributed by atoms with E-state index in [1.54, 1.807) is 23.5 Å². The number of phenolic OH excluding ortho intramolecular Hbond substituents is 1. The van der Waals surface area contributed by atoms with Gasteiger partial charge in [0, 0.05) is 16.0 Å². The lowest BCUT2D eigenvalue weighted by molar-refractivity contribution is 0.475. The molecule has 1 unspecified atom stereocenters. The number of thiazole rings is 1. The number of nitrogens with zero attached hydrogens (tertiary/aromatic N) is 1. The molecule has 1 aromatic heterocycles. The van der Waals surface area contributed by atoms with Gasteiger partial charge in [0.15, 0.2) is 0 Å². The Kier molecular flexibility index (Phi) is 4.04. The van der Waals surface area contributed by atoms with Crippen molar-refractivity contribution in [2.45, 2.75) is 46.1 Å². The molecule has 2 N–H and O–H groups in total. The summed E-state index contributed by atoms with van der Waals surface area (Å²) in [6, 6.07) is 7.34. The number of aryl methyl sites for hydroxylation is 1. The highest BCUT2D eigenvalue weighted by molar-refractivity contribution is 7.12. The third kappa shape index (κ3) is 3.31. The van der Waals surface area contributed by atoms with Gasteiger partial charge < -0.3 is 10.4 Å². The molecule has 0 spiro atoms. The number of rotatable bonds is 3. The van der Waals surface area contributed by atoms with Gasteiger partial charge in [0.1, 0.15) is 5.75 Å². The van der Waals surface area contributed by atoms with E-state index >= 15 is 0 Å². The first kappa shape index (κ1) is 14.9. The van der Waals surface area contributed by atoms with E-state index in [4.69, 9.17) is 4.98 Å². The molecule has 1 atom stereocenters. The zero-order valence-corrected chi connectivity index (χ0v) is 13.5. The van der Waals surface area contributed by atoms with Crippen LogP contribution in [-0.4, -0.2) is 10.1 Å². The van der Waals surface area contributed by atoms with Gasteiger partial charge in [-0.3, -0.25) is 0 Å². The lowest BCUT2D eigenvalue weighted by atomic mass is 9.98. The second-order valence-corrected chi connectivity index (χ2v) is 7.16. The fraction of sp³-hybridized carbons (Fsp3) is 0.438. The summed E-state index contributed by atoms with van der Waals surface area (Å²) in [4.78, 5) is 5.96. The number of phenols is 1. The Morgan fingerprint density at radius 3 is 2.30 bits per heavy atom. The molecular formula is C16H22N2OS. The fourth-order valence-electron chi connectivity index (χ4n) is 2.00. The predicted octanol–water partition coefficient (Wildman–Crippen LogP) is 4.63. The van der Waals surface area contributed by atoms with Crippen molar-refractivity contribution in [3.63, 3.8) is 0 Å². The molecule has 108 valence electrons. The normalized spacial score (nSPS) is 13.2. The number of hydrogen-bond donors (Lipinski definition) is 2. The molecule has 0 aliphatic carbocycles. The van der Waals surface area contributed by atoms with E-state index in [-0.39, 0.29) is 17.2 Å². The molecular weight excluding hydrogens is 268 g/mol. The van der Waals surface area contributed by atoms with Gasteiger partial charge in [-0.1, -0.05) is 20.8 Å². The van der Waals surface area contributed by atoms with E-state index in [1.807, 2.05) is 12.1 Å². The highest BCUT2D eigenvalue weighted by atomic mass is 32.1. The van der Waals surface area contributed by atoms with E-state index in [1.165, 1.54) is 9.88 Å². The van der Waals surface area contributed by atoms with Crippen LogP contribution < -0.4 is 5.32 Å². The van der Waals surface area contributed by atoms with Crippen LogP contribution >= 0.6 is 11.3 Å². The maximum atomic E-state index is 9.31. The van der Waals surface area contributed by atoms with E-state index in [0.29, 0.717) is 0 Å². The minimum atomic E-state index is 0.0892. The van der Waals surface area contributed by atoms with E-state index in [0.717, 1.165) is 11.4 Å². The number of hydrogen-bond acceptors (Lipinski definition) is 4. The van der Waals surface area contributed by atoms with Gasteiger partial charge in [0.25, 0.3) is 0 Å². The van der Waals surface area contributed by atoms with Crippen molar-refractivity contribution in [2.24, 2.45) is 0 Å². The molecule has 0 aliphatic rings. The molecule has 0 saturated carbocycles. The Morgan fingerprint density at radius 2 is 1.80 bits per heavy atom. The Bertz CT molecular complexity index is 582. The maximum Gasteiger partial charge on any atom is 0.115 e. The van der Waals surface area contributed by atoms with Gasteiger partial charge in [-0.05, 0) is 38.1 Å². The minimum absolute atomic E-state index is 0.0892. The van der Waals surface area contributed by atoms with Gasteiger partial charge in [0.2, 0.25) is 0 Å². The average molecular weight is 290 g/mol. The summed E-state index contributed by atoms with van der Waals surface area (Å²) in [6.45, 7) is 10.8. The SMILES string of the molecule is Cc1nc(C(C)(C)C)sc1C(C)Nc1ccc(O)cc1. The number of nitrogens with one attached hydrogen (secondary N) is 1. The summed E-state index contributed by atoms with van der Waals surface area (Å²) in [5.41, 5.74) is 2.19. The highest BCUT2D eigenvalue weighted by Gasteiger charge is 2.22. The first-order valence-electron chi connectivity index (χ1n) is 6.81. The monoisotopic (exact) mass is 290 g/mol. The molecule has 0 bridgehead atoms. The van der Waals surface area contributed by atoms with Crippen LogP contribution in [0.2, 0.25) is 0 Å². The molecule has 3 nitrogen and oxygen atoms in total. The molecule has 1 aromatic carbocycles. The number of anilines is 1. The Labute approximate surface area is 124 Å². The second kappa shape index (κ2) is 5.44. The topological polar surface area (TPSA) is 45.2 Å². The number of aromatic nitrogens is 1. The largest absolute Gasteiger partial charge is 0.508 e. The lowest BCUT2D eigenvalue weighted by Gasteiger charge is -2.15. The number of benzene rings is 1. The zero-order chi connectivity index (χ0) is 14.9. The first-order valence-corrected chi connectivity index (χ1v) is 7.62. The predicted molar refractivity (Wildman–Crippen MR) is 85.7 cm³/mol. The van der Waals surface area contributed by atoms with E-state index < -0.39 is 0 Å². The highest BCUT2D eigenvalue weighted by Crippen LogP contribution is 2.33. The van der Waals surface area contributed by atoms with E-state index in [2.05, 4.69) is 39.9 Å². The molecule has 4 heteroatoms. The standard InChI is InChI=1S/C16H22N2OS/c1-10(17-12-6-8-13(19)9-7-12)14-11(2)18-15(20-14)16(3,4)5/h6-10,17,19H,1-5H3. The molecule has 0 aliphatic heterocycles. The summed E-state index contributed by atoms with van der Waals surface area (Å²) in [7, 11) is 0. The van der Waals surface area contributed by atoms with Gasteiger partial charge in [-0.2, -0.15) is 0 Å². The third-order valence-corrected chi connectivity index (χ3v) is 4.88. The molecule has 0 fully saturated rings. The summed E-state index contributed by atoms with van der Waals surface area (Å²) in [6.07, 6.45) is 0. The summed E-state index contributed by atoms with van der Waals surface area (Å²) in [5, 5.41) is 13.9. The van der Waals surface area contributed by atoms with Crippen LogP contribution in [0.15, 0.2) is 24.3 Å². The Hall–Kier alpha value is -1.55.